The molecular weight excluding hydrogens is 467 g/mol. The average molecular weight is 479 g/mol. The maximum absolute atomic E-state index is 14.0. The Morgan fingerprint density at radius 3 is 2.03 bits per heavy atom. The number of benzene rings is 2. The van der Waals surface area contributed by atoms with Crippen molar-refractivity contribution in [3.8, 4) is 0 Å². The minimum absolute atomic E-state index is 0.0243. The monoisotopic (exact) mass is 479 g/mol. The van der Waals surface area contributed by atoms with Crippen molar-refractivity contribution in [2.75, 3.05) is 0 Å². The lowest BCUT2D eigenvalue weighted by molar-refractivity contribution is -0.173. The predicted octanol–water partition coefficient (Wildman–Crippen LogP) is 4.96. The summed E-state index contributed by atoms with van der Waals surface area (Å²) in [4.78, 5) is -0.759. The van der Waals surface area contributed by atoms with Crippen LogP contribution in [0.5, 0.6) is 0 Å². The molecule has 1 N–H and O–H groups in total. The second kappa shape index (κ2) is 7.30. The topological polar surface area (TPSA) is 66.1 Å². The molecule has 13 heteroatoms. The Morgan fingerprint density at radius 2 is 1.50 bits per heavy atom. The van der Waals surface area contributed by atoms with E-state index < -0.39 is 56.4 Å². The molecule has 0 bridgehead atoms. The molecule has 5 nitrogen and oxygen atoms in total. The van der Waals surface area contributed by atoms with E-state index in [2.05, 4.69) is 10.2 Å². The van der Waals surface area contributed by atoms with Gasteiger partial charge in [0.15, 0.2) is 6.04 Å². The number of fused-ring (bicyclic) bond motifs is 1. The maximum Gasteiger partial charge on any atom is 0.416 e. The summed E-state index contributed by atoms with van der Waals surface area (Å²) < 4.78 is 121. The number of nitrogens with zero attached hydrogens (tertiary/aromatic N) is 2. The predicted molar refractivity (Wildman–Crippen MR) is 96.1 cm³/mol. The molecule has 32 heavy (non-hydrogen) atoms. The molecule has 0 fully saturated rings. The van der Waals surface area contributed by atoms with E-state index in [1.807, 2.05) is 0 Å². The van der Waals surface area contributed by atoms with Crippen molar-refractivity contribution in [1.82, 2.24) is 14.5 Å². The largest absolute Gasteiger partial charge is 0.416 e. The molecule has 170 valence electrons. The molecule has 2 heterocycles. The molecule has 1 aromatic heterocycles. The summed E-state index contributed by atoms with van der Waals surface area (Å²) >= 11 is 0. The van der Waals surface area contributed by atoms with Crippen LogP contribution in [-0.4, -0.2) is 29.1 Å². The van der Waals surface area contributed by atoms with Gasteiger partial charge in [-0.05, 0) is 42.0 Å². The van der Waals surface area contributed by atoms with Crippen LogP contribution in [0.3, 0.4) is 0 Å². The van der Waals surface area contributed by atoms with Crippen LogP contribution in [0.2, 0.25) is 0 Å². The van der Waals surface area contributed by atoms with Gasteiger partial charge in [0.05, 0.1) is 28.4 Å². The lowest BCUT2D eigenvalue weighted by Gasteiger charge is -2.31. The number of alkyl halides is 6. The quantitative estimate of drug-likeness (QED) is 0.540. The van der Waals surface area contributed by atoms with Gasteiger partial charge in [0.25, 0.3) is 0 Å². The Kier molecular flexibility index (Phi) is 5.08. The minimum Gasteiger partial charge on any atom is -0.280 e. The van der Waals surface area contributed by atoms with Crippen LogP contribution in [0.25, 0.3) is 0 Å². The molecule has 0 aliphatic carbocycles. The number of H-pyrrole nitrogens is 1. The Labute approximate surface area is 176 Å². The highest BCUT2D eigenvalue weighted by Gasteiger charge is 2.59. The molecule has 1 aliphatic rings. The van der Waals surface area contributed by atoms with E-state index in [0.29, 0.717) is 24.3 Å². The van der Waals surface area contributed by atoms with Gasteiger partial charge in [-0.3, -0.25) is 5.10 Å². The molecule has 0 amide bonds. The Bertz CT molecular complexity index is 1230. The summed E-state index contributed by atoms with van der Waals surface area (Å²) in [7, 11) is -4.97. The summed E-state index contributed by atoms with van der Waals surface area (Å²) in [5.41, 5.74) is -1.76. The van der Waals surface area contributed by atoms with Crippen molar-refractivity contribution in [3.05, 3.63) is 82.9 Å². The molecule has 0 saturated heterocycles. The van der Waals surface area contributed by atoms with Crippen molar-refractivity contribution in [3.63, 3.8) is 0 Å². The molecule has 1 aliphatic heterocycles. The smallest absolute Gasteiger partial charge is 0.280 e. The van der Waals surface area contributed by atoms with Crippen LogP contribution < -0.4 is 0 Å². The number of sulfonamides is 1. The molecular formula is C19H12F7N3O2S. The zero-order valence-electron chi connectivity index (χ0n) is 15.6. The number of halogens is 7. The first-order valence-corrected chi connectivity index (χ1v) is 10.3. The first-order valence-electron chi connectivity index (χ1n) is 8.88. The van der Waals surface area contributed by atoms with Crippen molar-refractivity contribution in [2.24, 2.45) is 0 Å². The zero-order chi connectivity index (χ0) is 23.5. The van der Waals surface area contributed by atoms with Gasteiger partial charge in [-0.25, -0.2) is 12.8 Å². The third kappa shape index (κ3) is 3.64. The van der Waals surface area contributed by atoms with Crippen LogP contribution in [0.15, 0.2) is 59.6 Å². The van der Waals surface area contributed by atoms with Crippen LogP contribution in [0.1, 0.15) is 34.5 Å². The molecule has 0 spiro atoms. The summed E-state index contributed by atoms with van der Waals surface area (Å²) in [6.07, 6.45) is -8.82. The van der Waals surface area contributed by atoms with Gasteiger partial charge in [0.2, 0.25) is 10.0 Å². The van der Waals surface area contributed by atoms with Gasteiger partial charge >= 0.3 is 12.4 Å². The van der Waals surface area contributed by atoms with E-state index in [-0.39, 0.29) is 15.4 Å². The van der Waals surface area contributed by atoms with E-state index in [9.17, 15) is 39.2 Å². The van der Waals surface area contributed by atoms with Crippen molar-refractivity contribution < 1.29 is 39.2 Å². The van der Waals surface area contributed by atoms with E-state index in [1.54, 1.807) is 0 Å². The number of hydrogen-bond donors (Lipinski definition) is 1. The van der Waals surface area contributed by atoms with E-state index in [1.165, 1.54) is 0 Å². The highest BCUT2D eigenvalue weighted by Crippen LogP contribution is 2.53. The highest BCUT2D eigenvalue weighted by atomic mass is 32.2. The summed E-state index contributed by atoms with van der Waals surface area (Å²) in [6.45, 7) is 0. The zero-order valence-corrected chi connectivity index (χ0v) is 16.4. The Morgan fingerprint density at radius 1 is 0.906 bits per heavy atom. The minimum atomic E-state index is -5.09. The fourth-order valence-electron chi connectivity index (χ4n) is 3.65. The van der Waals surface area contributed by atoms with Gasteiger partial charge in [-0.1, -0.05) is 12.1 Å². The first-order chi connectivity index (χ1) is 14.8. The van der Waals surface area contributed by atoms with Crippen LogP contribution in [0, 0.1) is 5.82 Å². The first kappa shape index (κ1) is 22.3. The molecule has 2 atom stereocenters. The van der Waals surface area contributed by atoms with Crippen LogP contribution >= 0.6 is 0 Å². The number of nitrogens with one attached hydrogen (secondary N) is 1. The number of rotatable bonds is 3. The fraction of sp³-hybridized carbons (Fsp3) is 0.211. The summed E-state index contributed by atoms with van der Waals surface area (Å²) in [5, 5.41) is 5.75. The fourth-order valence-corrected chi connectivity index (χ4v) is 5.39. The highest BCUT2D eigenvalue weighted by molar-refractivity contribution is 7.89. The lowest BCUT2D eigenvalue weighted by Crippen LogP contribution is -2.40. The third-order valence-corrected chi connectivity index (χ3v) is 6.87. The van der Waals surface area contributed by atoms with Gasteiger partial charge in [0, 0.05) is 5.56 Å². The van der Waals surface area contributed by atoms with Crippen molar-refractivity contribution >= 4 is 10.0 Å². The Balaban J connectivity index is 1.89. The molecule has 3 aromatic rings. The normalized spacial score (nSPS) is 19.8. The SMILES string of the molecule is O=S(=O)(c1ccc(C(F)(F)F)cc1)N1C(c2ccc(F)cc2)c2cn[nH]c2C1C(F)(F)F. The third-order valence-electron chi connectivity index (χ3n) is 5.03. The van der Waals surface area contributed by atoms with E-state index >= 15 is 0 Å². The Hall–Kier alpha value is -2.93. The lowest BCUT2D eigenvalue weighted by atomic mass is 10.0. The van der Waals surface area contributed by atoms with Gasteiger partial charge < -0.3 is 0 Å². The van der Waals surface area contributed by atoms with Crippen molar-refractivity contribution in [1.29, 1.82) is 0 Å². The number of aromatic nitrogens is 2. The average Bonchev–Trinajstić information content (AvgIpc) is 3.28. The van der Waals surface area contributed by atoms with Crippen molar-refractivity contribution in [2.45, 2.75) is 29.3 Å². The molecule has 2 aromatic carbocycles. The summed E-state index contributed by atoms with van der Waals surface area (Å²) in [5.74, 6) is -0.691. The molecule has 4 rings (SSSR count). The second-order valence-electron chi connectivity index (χ2n) is 6.99. The second-order valence-corrected chi connectivity index (χ2v) is 8.84. The van der Waals surface area contributed by atoms with Crippen LogP contribution in [-0.2, 0) is 16.2 Å². The standard InChI is InChI=1S/C19H12F7N3O2S/c20-12-5-1-10(2-6-12)16-14-9-27-28-15(14)17(19(24,25)26)29(16)32(30,31)13-7-3-11(4-8-13)18(21,22)23/h1-9,16-17H,(H,27,28). The molecule has 2 unspecified atom stereocenters. The summed E-state index contributed by atoms with van der Waals surface area (Å²) in [6, 6.07) is 2.09. The van der Waals surface area contributed by atoms with Gasteiger partial charge in [0.1, 0.15) is 5.82 Å². The van der Waals surface area contributed by atoms with Gasteiger partial charge in [-0.2, -0.15) is 35.7 Å². The number of aromatic amines is 1. The van der Waals surface area contributed by atoms with E-state index in [4.69, 9.17) is 0 Å². The van der Waals surface area contributed by atoms with Gasteiger partial charge in [-0.15, -0.1) is 0 Å². The van der Waals surface area contributed by atoms with E-state index in [0.717, 1.165) is 30.5 Å². The number of hydrogen-bond acceptors (Lipinski definition) is 3. The molecule has 0 radical (unpaired) electrons. The van der Waals surface area contributed by atoms with Crippen LogP contribution in [0.4, 0.5) is 30.7 Å². The molecule has 0 saturated carbocycles. The maximum atomic E-state index is 14.0.